The van der Waals surface area contributed by atoms with Crippen molar-refractivity contribution in [3.8, 4) is 11.8 Å². The highest BCUT2D eigenvalue weighted by molar-refractivity contribution is 5.97. The molecule has 1 aliphatic heterocycles. The molecule has 4 nitrogen and oxygen atoms in total. The van der Waals surface area contributed by atoms with Crippen molar-refractivity contribution in [2.75, 3.05) is 26.3 Å². The third-order valence-corrected chi connectivity index (χ3v) is 3.50. The zero-order valence-electron chi connectivity index (χ0n) is 12.1. The van der Waals surface area contributed by atoms with Crippen molar-refractivity contribution in [1.29, 1.82) is 0 Å². The van der Waals surface area contributed by atoms with Gasteiger partial charge in [0.15, 0.2) is 0 Å². The summed E-state index contributed by atoms with van der Waals surface area (Å²) in [5.41, 5.74) is 6.14. The highest BCUT2D eigenvalue weighted by Crippen LogP contribution is 2.18. The van der Waals surface area contributed by atoms with Gasteiger partial charge in [-0.3, -0.25) is 4.79 Å². The average Bonchev–Trinajstić information content (AvgIpc) is 2.52. The molecule has 0 aliphatic carbocycles. The van der Waals surface area contributed by atoms with Gasteiger partial charge in [-0.2, -0.15) is 0 Å². The first kappa shape index (κ1) is 15.5. The van der Waals surface area contributed by atoms with E-state index in [0.717, 1.165) is 6.42 Å². The smallest absolute Gasteiger partial charge is 0.255 e. The third-order valence-electron chi connectivity index (χ3n) is 3.50. The quantitative estimate of drug-likeness (QED) is 0.837. The Hall–Kier alpha value is -1.90. The summed E-state index contributed by atoms with van der Waals surface area (Å²) < 4.78 is 18.8. The third kappa shape index (κ3) is 3.60. The predicted octanol–water partition coefficient (Wildman–Crippen LogP) is 1.39. The van der Waals surface area contributed by atoms with Crippen LogP contribution < -0.4 is 5.73 Å². The van der Waals surface area contributed by atoms with Crippen LogP contribution in [0.5, 0.6) is 0 Å². The zero-order chi connectivity index (χ0) is 15.2. The maximum atomic E-state index is 13.4. The summed E-state index contributed by atoms with van der Waals surface area (Å²) in [5.74, 6) is 4.90. The zero-order valence-corrected chi connectivity index (χ0v) is 12.1. The van der Waals surface area contributed by atoms with Gasteiger partial charge in [-0.05, 0) is 24.6 Å². The molecule has 0 radical (unpaired) electrons. The van der Waals surface area contributed by atoms with Crippen LogP contribution in [0.4, 0.5) is 4.39 Å². The van der Waals surface area contributed by atoms with E-state index >= 15 is 0 Å². The monoisotopic (exact) mass is 290 g/mol. The van der Waals surface area contributed by atoms with Gasteiger partial charge in [0.25, 0.3) is 5.91 Å². The van der Waals surface area contributed by atoms with Crippen LogP contribution in [0.15, 0.2) is 18.2 Å². The minimum absolute atomic E-state index is 0.0478. The molecule has 1 aliphatic rings. The van der Waals surface area contributed by atoms with E-state index in [2.05, 4.69) is 11.8 Å². The van der Waals surface area contributed by atoms with Gasteiger partial charge in [-0.15, -0.1) is 0 Å². The highest BCUT2D eigenvalue weighted by Gasteiger charge is 2.27. The number of rotatable bonds is 2. The van der Waals surface area contributed by atoms with Gasteiger partial charge in [0, 0.05) is 12.1 Å². The second-order valence-electron chi connectivity index (χ2n) is 4.83. The number of amides is 1. The Bertz CT molecular complexity index is 577. The number of morpholine rings is 1. The van der Waals surface area contributed by atoms with Gasteiger partial charge in [-0.1, -0.05) is 18.8 Å². The summed E-state index contributed by atoms with van der Waals surface area (Å²) >= 11 is 0. The maximum absolute atomic E-state index is 13.4. The number of hydrogen-bond acceptors (Lipinski definition) is 3. The Morgan fingerprint density at radius 3 is 3.10 bits per heavy atom. The van der Waals surface area contributed by atoms with E-state index in [4.69, 9.17) is 10.5 Å². The Balaban J connectivity index is 2.33. The summed E-state index contributed by atoms with van der Waals surface area (Å²) in [6.07, 6.45) is 0.816. The van der Waals surface area contributed by atoms with Gasteiger partial charge in [-0.25, -0.2) is 4.39 Å². The molecule has 1 saturated heterocycles. The number of nitrogens with zero attached hydrogens (tertiary/aromatic N) is 1. The van der Waals surface area contributed by atoms with E-state index in [1.165, 1.54) is 18.2 Å². The summed E-state index contributed by atoms with van der Waals surface area (Å²) in [5, 5.41) is 0. The van der Waals surface area contributed by atoms with Crippen LogP contribution in [-0.2, 0) is 4.74 Å². The van der Waals surface area contributed by atoms with Gasteiger partial charge in [0.1, 0.15) is 5.82 Å². The normalized spacial score (nSPS) is 18.0. The molecule has 2 N–H and O–H groups in total. The van der Waals surface area contributed by atoms with Crippen molar-refractivity contribution in [1.82, 2.24) is 4.90 Å². The fourth-order valence-corrected chi connectivity index (χ4v) is 2.37. The minimum Gasteiger partial charge on any atom is -0.377 e. The first-order valence-electron chi connectivity index (χ1n) is 7.04. The van der Waals surface area contributed by atoms with E-state index in [-0.39, 0.29) is 18.5 Å². The van der Waals surface area contributed by atoms with Gasteiger partial charge < -0.3 is 15.4 Å². The Labute approximate surface area is 124 Å². The Kier molecular flexibility index (Phi) is 5.32. The first-order chi connectivity index (χ1) is 10.2. The molecule has 21 heavy (non-hydrogen) atoms. The van der Waals surface area contributed by atoms with Gasteiger partial charge in [0.2, 0.25) is 0 Å². The molecule has 1 atom stereocenters. The van der Waals surface area contributed by atoms with Crippen molar-refractivity contribution in [3.05, 3.63) is 35.1 Å². The molecule has 112 valence electrons. The van der Waals surface area contributed by atoms with E-state index in [1.807, 2.05) is 6.92 Å². The van der Waals surface area contributed by atoms with Gasteiger partial charge >= 0.3 is 0 Å². The van der Waals surface area contributed by atoms with Crippen molar-refractivity contribution in [2.45, 2.75) is 19.4 Å². The fourth-order valence-electron chi connectivity index (χ4n) is 2.37. The van der Waals surface area contributed by atoms with E-state index in [9.17, 15) is 9.18 Å². The average molecular weight is 290 g/mol. The number of nitrogens with two attached hydrogens (primary N) is 1. The van der Waals surface area contributed by atoms with Crippen LogP contribution in [0.1, 0.15) is 29.3 Å². The standard InChI is InChI=1S/C16H19FN2O2/c1-2-14-11-21-9-8-19(14)16(20)15-6-5-13(17)10-12(15)4-3-7-18/h5-6,10,14H,2,7-9,11,18H2,1H3. The topological polar surface area (TPSA) is 55.6 Å². The molecule has 0 bridgehead atoms. The maximum Gasteiger partial charge on any atom is 0.255 e. The Morgan fingerprint density at radius 1 is 1.57 bits per heavy atom. The molecule has 2 rings (SSSR count). The molecule has 1 amide bonds. The summed E-state index contributed by atoms with van der Waals surface area (Å²) in [6, 6.07) is 4.09. The molecule has 0 aromatic heterocycles. The van der Waals surface area contributed by atoms with Crippen molar-refractivity contribution >= 4 is 5.91 Å². The fraction of sp³-hybridized carbons (Fsp3) is 0.438. The van der Waals surface area contributed by atoms with E-state index in [1.54, 1.807) is 4.90 Å². The molecule has 0 spiro atoms. The lowest BCUT2D eigenvalue weighted by atomic mass is 10.0. The highest BCUT2D eigenvalue weighted by atomic mass is 19.1. The molecule has 5 heteroatoms. The molecular weight excluding hydrogens is 271 g/mol. The number of benzene rings is 1. The van der Waals surface area contributed by atoms with E-state index in [0.29, 0.717) is 30.9 Å². The molecule has 1 aromatic carbocycles. The first-order valence-corrected chi connectivity index (χ1v) is 7.04. The SMILES string of the molecule is CCC1COCCN1C(=O)c1ccc(F)cc1C#CCN. The van der Waals surface area contributed by atoms with Crippen LogP contribution in [0.2, 0.25) is 0 Å². The van der Waals surface area contributed by atoms with E-state index < -0.39 is 5.82 Å². The summed E-state index contributed by atoms with van der Waals surface area (Å²) in [4.78, 5) is 14.5. The van der Waals surface area contributed by atoms with Crippen LogP contribution in [-0.4, -0.2) is 43.2 Å². The minimum atomic E-state index is -0.415. The number of ether oxygens (including phenoxy) is 1. The summed E-state index contributed by atoms with van der Waals surface area (Å²) in [6.45, 7) is 3.78. The van der Waals surface area contributed by atoms with Crippen LogP contribution in [0, 0.1) is 17.7 Å². The van der Waals surface area contributed by atoms with Gasteiger partial charge in [0.05, 0.1) is 31.4 Å². The van der Waals surface area contributed by atoms with Crippen molar-refractivity contribution in [3.63, 3.8) is 0 Å². The number of carbonyl (C=O) groups excluding carboxylic acids is 1. The molecular formula is C16H19FN2O2. The second kappa shape index (κ2) is 7.21. The molecule has 1 aromatic rings. The summed E-state index contributed by atoms with van der Waals surface area (Å²) in [7, 11) is 0. The lowest BCUT2D eigenvalue weighted by molar-refractivity contribution is -0.00281. The lowest BCUT2D eigenvalue weighted by Crippen LogP contribution is -2.48. The molecule has 1 heterocycles. The van der Waals surface area contributed by atoms with Crippen LogP contribution in [0.3, 0.4) is 0 Å². The second-order valence-corrected chi connectivity index (χ2v) is 4.83. The molecule has 1 fully saturated rings. The molecule has 0 saturated carbocycles. The Morgan fingerprint density at radius 2 is 2.38 bits per heavy atom. The predicted molar refractivity (Wildman–Crippen MR) is 78.3 cm³/mol. The van der Waals surface area contributed by atoms with Crippen molar-refractivity contribution < 1.29 is 13.9 Å². The van der Waals surface area contributed by atoms with Crippen molar-refractivity contribution in [2.24, 2.45) is 5.73 Å². The largest absolute Gasteiger partial charge is 0.377 e. The number of hydrogen-bond donors (Lipinski definition) is 1. The van der Waals surface area contributed by atoms with Crippen LogP contribution in [0.25, 0.3) is 0 Å². The van der Waals surface area contributed by atoms with Crippen LogP contribution >= 0.6 is 0 Å². The lowest BCUT2D eigenvalue weighted by Gasteiger charge is -2.35. The number of halogens is 1. The molecule has 1 unspecified atom stereocenters. The number of carbonyl (C=O) groups is 1.